The van der Waals surface area contributed by atoms with Crippen LogP contribution in [-0.4, -0.2) is 49.1 Å². The van der Waals surface area contributed by atoms with Gasteiger partial charge in [0.2, 0.25) is 15.9 Å². The van der Waals surface area contributed by atoms with Crippen molar-refractivity contribution < 1.29 is 18.0 Å². The van der Waals surface area contributed by atoms with Gasteiger partial charge < -0.3 is 10.6 Å². The number of amides is 2. The first-order chi connectivity index (χ1) is 14.7. The van der Waals surface area contributed by atoms with E-state index in [1.165, 1.54) is 4.31 Å². The molecular formula is C23H29N3O4S. The highest BCUT2D eigenvalue weighted by Gasteiger charge is 2.27. The van der Waals surface area contributed by atoms with E-state index in [-0.39, 0.29) is 29.2 Å². The van der Waals surface area contributed by atoms with Crippen LogP contribution in [0.1, 0.15) is 41.3 Å². The SMILES string of the molecule is CCN(Cc1ccc(C(=O)N2CCC(C(N)=O)CC2)cc1)S(=O)(=O)c1ccc(C)cc1. The Bertz CT molecular complexity index is 1030. The van der Waals surface area contributed by atoms with E-state index in [4.69, 9.17) is 5.73 Å². The fourth-order valence-electron chi connectivity index (χ4n) is 3.73. The summed E-state index contributed by atoms with van der Waals surface area (Å²) in [7, 11) is -3.60. The molecule has 1 heterocycles. The van der Waals surface area contributed by atoms with Gasteiger partial charge in [-0.2, -0.15) is 4.31 Å². The number of aryl methyl sites for hydroxylation is 1. The number of carbonyl (C=O) groups is 2. The van der Waals surface area contributed by atoms with Crippen LogP contribution in [0.3, 0.4) is 0 Å². The summed E-state index contributed by atoms with van der Waals surface area (Å²) >= 11 is 0. The van der Waals surface area contributed by atoms with Crippen LogP contribution < -0.4 is 5.73 Å². The smallest absolute Gasteiger partial charge is 0.253 e. The number of carbonyl (C=O) groups excluding carboxylic acids is 2. The zero-order valence-corrected chi connectivity index (χ0v) is 18.8. The monoisotopic (exact) mass is 443 g/mol. The molecular weight excluding hydrogens is 414 g/mol. The number of nitrogens with zero attached hydrogens (tertiary/aromatic N) is 2. The minimum atomic E-state index is -3.60. The van der Waals surface area contributed by atoms with Crippen molar-refractivity contribution in [2.24, 2.45) is 11.7 Å². The molecule has 1 aliphatic rings. The number of rotatable bonds is 7. The number of benzene rings is 2. The number of piperidine rings is 1. The van der Waals surface area contributed by atoms with Crippen LogP contribution in [0.25, 0.3) is 0 Å². The van der Waals surface area contributed by atoms with Crippen LogP contribution in [0, 0.1) is 12.8 Å². The fraction of sp³-hybridized carbons (Fsp3) is 0.391. The number of hydrogen-bond donors (Lipinski definition) is 1. The molecule has 3 rings (SSSR count). The van der Waals surface area contributed by atoms with E-state index in [0.29, 0.717) is 38.0 Å². The Morgan fingerprint density at radius 2 is 1.61 bits per heavy atom. The van der Waals surface area contributed by atoms with E-state index in [9.17, 15) is 18.0 Å². The van der Waals surface area contributed by atoms with Crippen LogP contribution in [0.5, 0.6) is 0 Å². The van der Waals surface area contributed by atoms with Crippen molar-refractivity contribution in [1.82, 2.24) is 9.21 Å². The fourth-order valence-corrected chi connectivity index (χ4v) is 5.17. The molecule has 0 spiro atoms. The van der Waals surface area contributed by atoms with Crippen LogP contribution in [0.15, 0.2) is 53.4 Å². The predicted molar refractivity (Wildman–Crippen MR) is 119 cm³/mol. The summed E-state index contributed by atoms with van der Waals surface area (Å²) in [5, 5.41) is 0. The van der Waals surface area contributed by atoms with E-state index in [1.54, 1.807) is 60.4 Å². The highest BCUT2D eigenvalue weighted by molar-refractivity contribution is 7.89. The number of primary amides is 1. The van der Waals surface area contributed by atoms with Crippen molar-refractivity contribution in [2.75, 3.05) is 19.6 Å². The minimum absolute atomic E-state index is 0.0888. The Morgan fingerprint density at radius 3 is 2.13 bits per heavy atom. The highest BCUT2D eigenvalue weighted by Crippen LogP contribution is 2.21. The Kier molecular flexibility index (Phi) is 7.12. The van der Waals surface area contributed by atoms with Crippen molar-refractivity contribution in [2.45, 2.75) is 38.1 Å². The molecule has 1 saturated heterocycles. The number of nitrogens with two attached hydrogens (primary N) is 1. The van der Waals surface area contributed by atoms with E-state index >= 15 is 0 Å². The zero-order chi connectivity index (χ0) is 22.6. The maximum absolute atomic E-state index is 13.0. The summed E-state index contributed by atoms with van der Waals surface area (Å²) in [5.41, 5.74) is 7.71. The molecule has 7 nitrogen and oxygen atoms in total. The van der Waals surface area contributed by atoms with Gasteiger partial charge in [-0.25, -0.2) is 8.42 Å². The van der Waals surface area contributed by atoms with Crippen LogP contribution in [0.4, 0.5) is 0 Å². The Balaban J connectivity index is 1.67. The molecule has 0 saturated carbocycles. The molecule has 31 heavy (non-hydrogen) atoms. The number of likely N-dealkylation sites (tertiary alicyclic amines) is 1. The summed E-state index contributed by atoms with van der Waals surface area (Å²) in [5.74, 6) is -0.562. The highest BCUT2D eigenvalue weighted by atomic mass is 32.2. The Labute approximate surface area is 183 Å². The average Bonchev–Trinajstić information content (AvgIpc) is 2.77. The summed E-state index contributed by atoms with van der Waals surface area (Å²) in [6, 6.07) is 13.8. The third-order valence-electron chi connectivity index (χ3n) is 5.76. The molecule has 166 valence electrons. The molecule has 0 bridgehead atoms. The van der Waals surface area contributed by atoms with E-state index in [2.05, 4.69) is 0 Å². The summed E-state index contributed by atoms with van der Waals surface area (Å²) < 4.78 is 27.4. The maximum atomic E-state index is 13.0. The van der Waals surface area contributed by atoms with Crippen molar-refractivity contribution in [3.63, 3.8) is 0 Å². The summed E-state index contributed by atoms with van der Waals surface area (Å²) in [6.07, 6.45) is 1.17. The molecule has 0 atom stereocenters. The largest absolute Gasteiger partial charge is 0.369 e. The molecule has 0 unspecified atom stereocenters. The normalized spacial score (nSPS) is 15.3. The van der Waals surface area contributed by atoms with Gasteiger partial charge in [-0.15, -0.1) is 0 Å². The lowest BCUT2D eigenvalue weighted by molar-refractivity contribution is -0.123. The average molecular weight is 444 g/mol. The van der Waals surface area contributed by atoms with Gasteiger partial charge in [-0.05, 0) is 49.6 Å². The van der Waals surface area contributed by atoms with Crippen molar-refractivity contribution >= 4 is 21.8 Å². The first-order valence-corrected chi connectivity index (χ1v) is 11.9. The molecule has 0 aromatic heterocycles. The third kappa shape index (κ3) is 5.32. The third-order valence-corrected chi connectivity index (χ3v) is 7.69. The van der Waals surface area contributed by atoms with E-state index < -0.39 is 10.0 Å². The topological polar surface area (TPSA) is 101 Å². The molecule has 2 aromatic carbocycles. The second-order valence-electron chi connectivity index (χ2n) is 7.91. The lowest BCUT2D eigenvalue weighted by Crippen LogP contribution is -2.41. The summed E-state index contributed by atoms with van der Waals surface area (Å²) in [6.45, 7) is 5.30. The van der Waals surface area contributed by atoms with Gasteiger partial charge >= 0.3 is 0 Å². The quantitative estimate of drug-likeness (QED) is 0.711. The van der Waals surface area contributed by atoms with Gasteiger partial charge in [-0.3, -0.25) is 9.59 Å². The molecule has 0 aliphatic carbocycles. The second kappa shape index (κ2) is 9.62. The molecule has 2 N–H and O–H groups in total. The molecule has 1 aliphatic heterocycles. The Hall–Kier alpha value is -2.71. The van der Waals surface area contributed by atoms with E-state index in [1.807, 2.05) is 6.92 Å². The second-order valence-corrected chi connectivity index (χ2v) is 9.85. The van der Waals surface area contributed by atoms with Gasteiger partial charge in [-0.1, -0.05) is 36.8 Å². The van der Waals surface area contributed by atoms with E-state index in [0.717, 1.165) is 11.1 Å². The molecule has 2 aromatic rings. The summed E-state index contributed by atoms with van der Waals surface area (Å²) in [4.78, 5) is 26.0. The van der Waals surface area contributed by atoms with Crippen LogP contribution in [0.2, 0.25) is 0 Å². The van der Waals surface area contributed by atoms with Gasteiger partial charge in [0.15, 0.2) is 0 Å². The molecule has 2 amide bonds. The lowest BCUT2D eigenvalue weighted by Gasteiger charge is -2.30. The maximum Gasteiger partial charge on any atom is 0.253 e. The van der Waals surface area contributed by atoms with Crippen LogP contribution in [-0.2, 0) is 21.4 Å². The van der Waals surface area contributed by atoms with Gasteiger partial charge in [0.25, 0.3) is 5.91 Å². The molecule has 0 radical (unpaired) electrons. The Morgan fingerprint density at radius 1 is 1.03 bits per heavy atom. The molecule has 8 heteroatoms. The number of hydrogen-bond acceptors (Lipinski definition) is 4. The zero-order valence-electron chi connectivity index (χ0n) is 18.0. The standard InChI is InChI=1S/C23H29N3O4S/c1-3-26(31(29,30)21-10-4-17(2)5-11-21)16-18-6-8-20(9-7-18)23(28)25-14-12-19(13-15-25)22(24)27/h4-11,19H,3,12-16H2,1-2H3,(H2,24,27). The van der Waals surface area contributed by atoms with Gasteiger partial charge in [0.1, 0.15) is 0 Å². The molecule has 1 fully saturated rings. The van der Waals surface area contributed by atoms with Crippen LogP contribution >= 0.6 is 0 Å². The van der Waals surface area contributed by atoms with Gasteiger partial charge in [0.05, 0.1) is 4.90 Å². The van der Waals surface area contributed by atoms with Crippen molar-refractivity contribution in [3.8, 4) is 0 Å². The predicted octanol–water partition coefficient (Wildman–Crippen LogP) is 2.54. The van der Waals surface area contributed by atoms with Gasteiger partial charge in [0, 0.05) is 37.7 Å². The first kappa shape index (κ1) is 23.0. The number of sulfonamides is 1. The first-order valence-electron chi connectivity index (χ1n) is 10.5. The van der Waals surface area contributed by atoms with Crippen molar-refractivity contribution in [1.29, 1.82) is 0 Å². The lowest BCUT2D eigenvalue weighted by atomic mass is 9.96. The minimum Gasteiger partial charge on any atom is -0.369 e. The van der Waals surface area contributed by atoms with Crippen molar-refractivity contribution in [3.05, 3.63) is 65.2 Å².